The molecule has 3 nitrogen and oxygen atoms in total. The standard InChI is InChI=1S/C12H18O3/c1-3-12(11(14)15-4-2)7-5-6-10(8-12)9-13/h3,9-10H,1,4-8H2,2H3. The lowest BCUT2D eigenvalue weighted by Crippen LogP contribution is -2.36. The summed E-state index contributed by atoms with van der Waals surface area (Å²) in [5.74, 6) is -0.257. The molecule has 0 heterocycles. The number of aldehydes is 1. The smallest absolute Gasteiger partial charge is 0.315 e. The van der Waals surface area contributed by atoms with Gasteiger partial charge in [0.15, 0.2) is 0 Å². The molecule has 0 amide bonds. The van der Waals surface area contributed by atoms with E-state index in [9.17, 15) is 9.59 Å². The van der Waals surface area contributed by atoms with Gasteiger partial charge < -0.3 is 9.53 Å². The van der Waals surface area contributed by atoms with E-state index in [1.165, 1.54) is 0 Å². The summed E-state index contributed by atoms with van der Waals surface area (Å²) in [7, 11) is 0. The predicted molar refractivity (Wildman–Crippen MR) is 57.3 cm³/mol. The maximum absolute atomic E-state index is 11.8. The first-order valence-corrected chi connectivity index (χ1v) is 5.44. The number of carbonyl (C=O) groups is 2. The van der Waals surface area contributed by atoms with Gasteiger partial charge in [-0.25, -0.2) is 0 Å². The van der Waals surface area contributed by atoms with E-state index >= 15 is 0 Å². The Kier molecular flexibility index (Phi) is 4.06. The zero-order chi connectivity index (χ0) is 11.3. The van der Waals surface area contributed by atoms with Crippen molar-refractivity contribution in [3.05, 3.63) is 12.7 Å². The fraction of sp³-hybridized carbons (Fsp3) is 0.667. The second-order valence-corrected chi connectivity index (χ2v) is 4.07. The first kappa shape index (κ1) is 12.0. The van der Waals surface area contributed by atoms with Crippen molar-refractivity contribution in [3.8, 4) is 0 Å². The highest BCUT2D eigenvalue weighted by molar-refractivity contribution is 5.79. The molecule has 1 fully saturated rings. The van der Waals surface area contributed by atoms with E-state index in [2.05, 4.69) is 6.58 Å². The van der Waals surface area contributed by atoms with Crippen LogP contribution in [0.2, 0.25) is 0 Å². The lowest BCUT2D eigenvalue weighted by molar-refractivity contribution is -0.155. The molecule has 15 heavy (non-hydrogen) atoms. The van der Waals surface area contributed by atoms with Gasteiger partial charge in [0.25, 0.3) is 0 Å². The van der Waals surface area contributed by atoms with E-state index in [-0.39, 0.29) is 11.9 Å². The van der Waals surface area contributed by atoms with Gasteiger partial charge in [0.1, 0.15) is 6.29 Å². The lowest BCUT2D eigenvalue weighted by atomic mass is 9.70. The molecule has 0 saturated heterocycles. The third kappa shape index (κ3) is 2.46. The molecule has 0 aromatic carbocycles. The molecule has 0 spiro atoms. The minimum Gasteiger partial charge on any atom is -0.465 e. The maximum Gasteiger partial charge on any atom is 0.315 e. The van der Waals surface area contributed by atoms with Gasteiger partial charge in [-0.2, -0.15) is 0 Å². The van der Waals surface area contributed by atoms with Gasteiger partial charge in [0.2, 0.25) is 0 Å². The molecule has 0 radical (unpaired) electrons. The molecule has 0 aliphatic heterocycles. The van der Waals surface area contributed by atoms with Gasteiger partial charge in [-0.15, -0.1) is 6.58 Å². The Labute approximate surface area is 90.5 Å². The van der Waals surface area contributed by atoms with Gasteiger partial charge in [-0.05, 0) is 26.2 Å². The van der Waals surface area contributed by atoms with Gasteiger partial charge in [0.05, 0.1) is 12.0 Å². The summed E-state index contributed by atoms with van der Waals surface area (Å²) in [4.78, 5) is 22.6. The van der Waals surface area contributed by atoms with Crippen molar-refractivity contribution in [1.29, 1.82) is 0 Å². The van der Waals surface area contributed by atoms with Crippen LogP contribution < -0.4 is 0 Å². The molecule has 0 aromatic heterocycles. The highest BCUT2D eigenvalue weighted by atomic mass is 16.5. The van der Waals surface area contributed by atoms with Crippen molar-refractivity contribution < 1.29 is 14.3 Å². The van der Waals surface area contributed by atoms with Crippen molar-refractivity contribution in [2.24, 2.45) is 11.3 Å². The summed E-state index contributed by atoms with van der Waals surface area (Å²) in [6.07, 6.45) is 5.66. The molecule has 2 unspecified atom stereocenters. The normalized spacial score (nSPS) is 30.6. The Morgan fingerprint density at radius 3 is 2.93 bits per heavy atom. The average Bonchev–Trinajstić information content (AvgIpc) is 2.29. The summed E-state index contributed by atoms with van der Waals surface area (Å²) in [6.45, 7) is 5.87. The molecule has 0 aromatic rings. The van der Waals surface area contributed by atoms with E-state index in [0.29, 0.717) is 13.0 Å². The zero-order valence-electron chi connectivity index (χ0n) is 9.20. The summed E-state index contributed by atoms with van der Waals surface area (Å²) < 4.78 is 5.04. The number of esters is 1. The Balaban J connectivity index is 2.78. The van der Waals surface area contributed by atoms with Crippen molar-refractivity contribution >= 4 is 12.3 Å². The Hall–Kier alpha value is -1.12. The number of hydrogen-bond donors (Lipinski definition) is 0. The topological polar surface area (TPSA) is 43.4 Å². The molecule has 1 aliphatic carbocycles. The van der Waals surface area contributed by atoms with E-state index in [0.717, 1.165) is 25.5 Å². The highest BCUT2D eigenvalue weighted by Crippen LogP contribution is 2.40. The van der Waals surface area contributed by atoms with Crippen LogP contribution in [0.4, 0.5) is 0 Å². The Morgan fingerprint density at radius 2 is 2.40 bits per heavy atom. The molecular weight excluding hydrogens is 192 g/mol. The number of ether oxygens (including phenoxy) is 1. The molecule has 0 bridgehead atoms. The van der Waals surface area contributed by atoms with Crippen molar-refractivity contribution in [2.75, 3.05) is 6.61 Å². The SMILES string of the molecule is C=CC1(C(=O)OCC)CCCC(C=O)C1. The lowest BCUT2D eigenvalue weighted by Gasteiger charge is -2.34. The molecule has 3 heteroatoms. The highest BCUT2D eigenvalue weighted by Gasteiger charge is 2.41. The fourth-order valence-corrected chi connectivity index (χ4v) is 2.20. The van der Waals surface area contributed by atoms with Crippen LogP contribution in [0, 0.1) is 11.3 Å². The summed E-state index contributed by atoms with van der Waals surface area (Å²) in [6, 6.07) is 0. The summed E-state index contributed by atoms with van der Waals surface area (Å²) in [5.41, 5.74) is -0.625. The van der Waals surface area contributed by atoms with Crippen molar-refractivity contribution in [3.63, 3.8) is 0 Å². The molecule has 0 N–H and O–H groups in total. The van der Waals surface area contributed by atoms with E-state index in [1.807, 2.05) is 0 Å². The van der Waals surface area contributed by atoms with Gasteiger partial charge >= 0.3 is 5.97 Å². The number of rotatable bonds is 4. The van der Waals surface area contributed by atoms with Crippen LogP contribution in [0.3, 0.4) is 0 Å². The van der Waals surface area contributed by atoms with Crippen LogP contribution in [0.15, 0.2) is 12.7 Å². The maximum atomic E-state index is 11.8. The van der Waals surface area contributed by atoms with E-state index < -0.39 is 5.41 Å². The van der Waals surface area contributed by atoms with Crippen LogP contribution in [0.1, 0.15) is 32.6 Å². The quantitative estimate of drug-likeness (QED) is 0.405. The Morgan fingerprint density at radius 1 is 1.67 bits per heavy atom. The largest absolute Gasteiger partial charge is 0.465 e. The van der Waals surface area contributed by atoms with Gasteiger partial charge in [-0.1, -0.05) is 12.5 Å². The fourth-order valence-electron chi connectivity index (χ4n) is 2.20. The molecule has 1 aliphatic rings. The van der Waals surface area contributed by atoms with E-state index in [4.69, 9.17) is 4.74 Å². The van der Waals surface area contributed by atoms with Crippen molar-refractivity contribution in [1.82, 2.24) is 0 Å². The minimum atomic E-state index is -0.625. The molecular formula is C12H18O3. The minimum absolute atomic E-state index is 0.0267. The molecule has 1 saturated carbocycles. The number of hydrogen-bond acceptors (Lipinski definition) is 3. The first-order chi connectivity index (χ1) is 7.18. The average molecular weight is 210 g/mol. The third-order valence-corrected chi connectivity index (χ3v) is 3.09. The summed E-state index contributed by atoms with van der Waals surface area (Å²) in [5, 5.41) is 0. The van der Waals surface area contributed by atoms with Gasteiger partial charge in [0, 0.05) is 5.92 Å². The van der Waals surface area contributed by atoms with Crippen LogP contribution in [0.5, 0.6) is 0 Å². The zero-order valence-corrected chi connectivity index (χ0v) is 9.20. The monoisotopic (exact) mass is 210 g/mol. The van der Waals surface area contributed by atoms with Gasteiger partial charge in [-0.3, -0.25) is 4.79 Å². The Bertz CT molecular complexity index is 260. The van der Waals surface area contributed by atoms with Crippen LogP contribution in [-0.2, 0) is 14.3 Å². The van der Waals surface area contributed by atoms with Crippen LogP contribution in [-0.4, -0.2) is 18.9 Å². The molecule has 1 rings (SSSR count). The second kappa shape index (κ2) is 5.10. The molecule has 84 valence electrons. The summed E-state index contributed by atoms with van der Waals surface area (Å²) >= 11 is 0. The third-order valence-electron chi connectivity index (χ3n) is 3.09. The predicted octanol–water partition coefficient (Wildman–Crippen LogP) is 2.11. The van der Waals surface area contributed by atoms with Crippen molar-refractivity contribution in [2.45, 2.75) is 32.6 Å². The first-order valence-electron chi connectivity index (χ1n) is 5.44. The second-order valence-electron chi connectivity index (χ2n) is 4.07. The van der Waals surface area contributed by atoms with Crippen LogP contribution >= 0.6 is 0 Å². The molecule has 2 atom stereocenters. The number of carbonyl (C=O) groups excluding carboxylic acids is 2. The van der Waals surface area contributed by atoms with E-state index in [1.54, 1.807) is 13.0 Å². The van der Waals surface area contributed by atoms with Crippen LogP contribution in [0.25, 0.3) is 0 Å².